The molecule has 0 amide bonds. The number of rotatable bonds is 7. The molecule has 1 aromatic heterocycles. The van der Waals surface area contributed by atoms with Crippen molar-refractivity contribution in [1.82, 2.24) is 9.78 Å². The Morgan fingerprint density at radius 2 is 2.22 bits per heavy atom. The number of halogens is 1. The summed E-state index contributed by atoms with van der Waals surface area (Å²) in [5, 5.41) is 4.94. The standard InChI is InChI=1S/C13H22ClN3O/c1-4-11-13(14)12(17(3)16-11)7-10(18)6-5-9(2)8-15/h9H,4-8,15H2,1-3H3. The van der Waals surface area contributed by atoms with Gasteiger partial charge in [0.1, 0.15) is 5.78 Å². The number of aromatic nitrogens is 2. The van der Waals surface area contributed by atoms with E-state index in [1.807, 2.05) is 14.0 Å². The van der Waals surface area contributed by atoms with Gasteiger partial charge in [0, 0.05) is 19.9 Å². The topological polar surface area (TPSA) is 60.9 Å². The van der Waals surface area contributed by atoms with Gasteiger partial charge in [-0.25, -0.2) is 0 Å². The van der Waals surface area contributed by atoms with Crippen LogP contribution in [-0.4, -0.2) is 22.1 Å². The summed E-state index contributed by atoms with van der Waals surface area (Å²) in [7, 11) is 1.83. The molecule has 0 aromatic carbocycles. The Kier molecular flexibility index (Phi) is 5.82. The molecule has 0 radical (unpaired) electrons. The molecule has 5 heteroatoms. The highest BCUT2D eigenvalue weighted by Gasteiger charge is 2.16. The molecule has 0 saturated heterocycles. The maximum atomic E-state index is 11.9. The normalized spacial score (nSPS) is 12.7. The number of hydrogen-bond acceptors (Lipinski definition) is 3. The first kappa shape index (κ1) is 15.2. The van der Waals surface area contributed by atoms with E-state index >= 15 is 0 Å². The second-order valence-corrected chi connectivity index (χ2v) is 5.16. The highest BCUT2D eigenvalue weighted by atomic mass is 35.5. The number of ketones is 1. The lowest BCUT2D eigenvalue weighted by Crippen LogP contribution is -2.14. The summed E-state index contributed by atoms with van der Waals surface area (Å²) in [6.45, 7) is 4.68. The zero-order valence-electron chi connectivity index (χ0n) is 11.4. The van der Waals surface area contributed by atoms with Crippen molar-refractivity contribution in [2.75, 3.05) is 6.54 Å². The van der Waals surface area contributed by atoms with Gasteiger partial charge in [0.05, 0.1) is 16.4 Å². The third kappa shape index (κ3) is 3.82. The van der Waals surface area contributed by atoms with Crippen molar-refractivity contribution in [2.24, 2.45) is 18.7 Å². The summed E-state index contributed by atoms with van der Waals surface area (Å²) < 4.78 is 1.71. The van der Waals surface area contributed by atoms with Crippen LogP contribution in [0.5, 0.6) is 0 Å². The largest absolute Gasteiger partial charge is 0.330 e. The molecule has 0 aliphatic rings. The second-order valence-electron chi connectivity index (χ2n) is 4.78. The summed E-state index contributed by atoms with van der Waals surface area (Å²) in [6, 6.07) is 0. The van der Waals surface area contributed by atoms with E-state index in [9.17, 15) is 4.79 Å². The number of Topliss-reactive ketones (excluding diaryl/α,β-unsaturated/α-hetero) is 1. The Labute approximate surface area is 113 Å². The molecule has 0 spiro atoms. The third-order valence-corrected chi connectivity index (χ3v) is 3.62. The summed E-state index contributed by atoms with van der Waals surface area (Å²) in [5.41, 5.74) is 7.21. The number of nitrogens with zero attached hydrogens (tertiary/aromatic N) is 2. The van der Waals surface area contributed by atoms with Crippen molar-refractivity contribution in [3.05, 3.63) is 16.4 Å². The highest BCUT2D eigenvalue weighted by Crippen LogP contribution is 2.22. The van der Waals surface area contributed by atoms with Crippen molar-refractivity contribution in [2.45, 2.75) is 39.5 Å². The molecular formula is C13H22ClN3O. The van der Waals surface area contributed by atoms with Gasteiger partial charge in [-0.05, 0) is 25.3 Å². The molecule has 2 N–H and O–H groups in total. The van der Waals surface area contributed by atoms with Gasteiger partial charge in [0.15, 0.2) is 0 Å². The van der Waals surface area contributed by atoms with Gasteiger partial charge in [-0.2, -0.15) is 5.10 Å². The SMILES string of the molecule is CCc1nn(C)c(CC(=O)CCC(C)CN)c1Cl. The number of carbonyl (C=O) groups is 1. The maximum absolute atomic E-state index is 11.9. The van der Waals surface area contributed by atoms with Gasteiger partial charge in [-0.1, -0.05) is 25.4 Å². The Balaban J connectivity index is 2.62. The fourth-order valence-corrected chi connectivity index (χ4v) is 2.17. The van der Waals surface area contributed by atoms with Crippen molar-refractivity contribution >= 4 is 17.4 Å². The maximum Gasteiger partial charge on any atom is 0.138 e. The van der Waals surface area contributed by atoms with Crippen LogP contribution in [0.1, 0.15) is 38.1 Å². The van der Waals surface area contributed by atoms with Gasteiger partial charge in [0.25, 0.3) is 0 Å². The highest BCUT2D eigenvalue weighted by molar-refractivity contribution is 6.32. The van der Waals surface area contributed by atoms with Crippen LogP contribution >= 0.6 is 11.6 Å². The minimum Gasteiger partial charge on any atom is -0.330 e. The summed E-state index contributed by atoms with van der Waals surface area (Å²) in [6.07, 6.45) is 2.54. The number of hydrogen-bond donors (Lipinski definition) is 1. The molecule has 4 nitrogen and oxygen atoms in total. The number of carbonyl (C=O) groups excluding carboxylic acids is 1. The Hall–Kier alpha value is -0.870. The molecule has 1 heterocycles. The van der Waals surface area contributed by atoms with E-state index in [0.717, 1.165) is 24.2 Å². The van der Waals surface area contributed by atoms with Crippen molar-refractivity contribution < 1.29 is 4.79 Å². The smallest absolute Gasteiger partial charge is 0.138 e. The third-order valence-electron chi connectivity index (χ3n) is 3.19. The first-order chi connectivity index (χ1) is 8.49. The minimum absolute atomic E-state index is 0.197. The predicted molar refractivity (Wildman–Crippen MR) is 73.8 cm³/mol. The van der Waals surface area contributed by atoms with E-state index in [4.69, 9.17) is 17.3 Å². The fraction of sp³-hybridized carbons (Fsp3) is 0.692. The van der Waals surface area contributed by atoms with E-state index in [1.54, 1.807) is 4.68 Å². The van der Waals surface area contributed by atoms with Crippen LogP contribution < -0.4 is 5.73 Å². The predicted octanol–water partition coefficient (Wildman–Crippen LogP) is 2.12. The van der Waals surface area contributed by atoms with Gasteiger partial charge in [-0.15, -0.1) is 0 Å². The van der Waals surface area contributed by atoms with Crippen LogP contribution in [0.3, 0.4) is 0 Å². The molecule has 1 atom stereocenters. The van der Waals surface area contributed by atoms with Gasteiger partial charge in [-0.3, -0.25) is 9.48 Å². The van der Waals surface area contributed by atoms with Crippen molar-refractivity contribution in [1.29, 1.82) is 0 Å². The fourth-order valence-electron chi connectivity index (χ4n) is 1.81. The van der Waals surface area contributed by atoms with Crippen LogP contribution in [0.15, 0.2) is 0 Å². The van der Waals surface area contributed by atoms with Crippen molar-refractivity contribution in [3.8, 4) is 0 Å². The van der Waals surface area contributed by atoms with Crippen LogP contribution in [-0.2, 0) is 24.7 Å². The summed E-state index contributed by atoms with van der Waals surface area (Å²) >= 11 is 6.21. The molecule has 1 aromatic rings. The zero-order valence-corrected chi connectivity index (χ0v) is 12.1. The van der Waals surface area contributed by atoms with Gasteiger partial charge < -0.3 is 5.73 Å². The summed E-state index contributed by atoms with van der Waals surface area (Å²) in [5.74, 6) is 0.588. The van der Waals surface area contributed by atoms with Gasteiger partial charge in [0.2, 0.25) is 0 Å². The van der Waals surface area contributed by atoms with E-state index in [1.165, 1.54) is 0 Å². The Morgan fingerprint density at radius 3 is 2.72 bits per heavy atom. The number of aryl methyl sites for hydroxylation is 2. The molecular weight excluding hydrogens is 250 g/mol. The lowest BCUT2D eigenvalue weighted by molar-refractivity contribution is -0.118. The molecule has 0 bridgehead atoms. The lowest BCUT2D eigenvalue weighted by atomic mass is 10.0. The Morgan fingerprint density at radius 1 is 1.56 bits per heavy atom. The molecule has 1 unspecified atom stereocenters. The first-order valence-corrected chi connectivity index (χ1v) is 6.79. The quantitative estimate of drug-likeness (QED) is 0.826. The molecule has 18 heavy (non-hydrogen) atoms. The lowest BCUT2D eigenvalue weighted by Gasteiger charge is -2.07. The average Bonchev–Trinajstić information content (AvgIpc) is 2.63. The monoisotopic (exact) mass is 271 g/mol. The van der Waals surface area contributed by atoms with Gasteiger partial charge >= 0.3 is 0 Å². The van der Waals surface area contributed by atoms with Crippen molar-refractivity contribution in [3.63, 3.8) is 0 Å². The molecule has 0 fully saturated rings. The van der Waals surface area contributed by atoms with Crippen LogP contribution in [0.2, 0.25) is 5.02 Å². The second kappa shape index (κ2) is 6.90. The number of nitrogens with two attached hydrogens (primary N) is 1. The first-order valence-electron chi connectivity index (χ1n) is 6.41. The average molecular weight is 272 g/mol. The van der Waals surface area contributed by atoms with Crippen LogP contribution in [0.25, 0.3) is 0 Å². The Bertz CT molecular complexity index is 415. The van der Waals surface area contributed by atoms with E-state index in [2.05, 4.69) is 12.0 Å². The van der Waals surface area contributed by atoms with E-state index in [-0.39, 0.29) is 5.78 Å². The van der Waals surface area contributed by atoms with E-state index < -0.39 is 0 Å². The van der Waals surface area contributed by atoms with Crippen LogP contribution in [0, 0.1) is 5.92 Å². The molecule has 0 aliphatic heterocycles. The summed E-state index contributed by atoms with van der Waals surface area (Å²) in [4.78, 5) is 11.9. The van der Waals surface area contributed by atoms with Crippen LogP contribution in [0.4, 0.5) is 0 Å². The molecule has 102 valence electrons. The minimum atomic E-state index is 0.197. The molecule has 0 aliphatic carbocycles. The zero-order chi connectivity index (χ0) is 13.7. The molecule has 0 saturated carbocycles. The molecule has 1 rings (SSSR count). The van der Waals surface area contributed by atoms with E-state index in [0.29, 0.717) is 30.3 Å².